The maximum absolute atomic E-state index is 11.8. The monoisotopic (exact) mass is 242 g/mol. The lowest BCUT2D eigenvalue weighted by Crippen LogP contribution is -2.58. The summed E-state index contributed by atoms with van der Waals surface area (Å²) in [5, 5.41) is 15.0. The van der Waals surface area contributed by atoms with Crippen molar-refractivity contribution >= 4 is 11.9 Å². The summed E-state index contributed by atoms with van der Waals surface area (Å²) in [6.07, 6.45) is 1.09. The Labute approximate surface area is 99.7 Å². The van der Waals surface area contributed by atoms with Gasteiger partial charge in [-0.1, -0.05) is 0 Å². The van der Waals surface area contributed by atoms with E-state index in [1.54, 1.807) is 0 Å². The lowest BCUT2D eigenvalue weighted by Gasteiger charge is -2.35. The average Bonchev–Trinajstić information content (AvgIpc) is 2.25. The van der Waals surface area contributed by atoms with Crippen molar-refractivity contribution < 1.29 is 19.4 Å². The van der Waals surface area contributed by atoms with Crippen LogP contribution in [-0.2, 0) is 14.3 Å². The molecule has 6 heteroatoms. The fourth-order valence-corrected chi connectivity index (χ4v) is 2.19. The number of amides is 1. The van der Waals surface area contributed by atoms with Crippen molar-refractivity contribution in [2.24, 2.45) is 5.92 Å². The number of hydrogen-bond acceptors (Lipinski definition) is 4. The first-order chi connectivity index (χ1) is 8.12. The molecule has 2 saturated heterocycles. The Kier molecular flexibility index (Phi) is 3.63. The zero-order valence-electron chi connectivity index (χ0n) is 9.70. The summed E-state index contributed by atoms with van der Waals surface area (Å²) < 4.78 is 5.15. The first kappa shape index (κ1) is 12.3. The van der Waals surface area contributed by atoms with Crippen LogP contribution in [-0.4, -0.2) is 48.8 Å². The number of nitrogens with one attached hydrogen (secondary N) is 2. The molecule has 96 valence electrons. The van der Waals surface area contributed by atoms with Crippen LogP contribution >= 0.6 is 0 Å². The number of carbonyl (C=O) groups excluding carboxylic acids is 1. The summed E-state index contributed by atoms with van der Waals surface area (Å²) in [4.78, 5) is 23.1. The second-order valence-corrected chi connectivity index (χ2v) is 4.78. The topological polar surface area (TPSA) is 87.7 Å². The van der Waals surface area contributed by atoms with Gasteiger partial charge < -0.3 is 20.5 Å². The number of carboxylic acid groups (broad SMARTS) is 1. The number of ether oxygens (including phenoxy) is 1. The van der Waals surface area contributed by atoms with Gasteiger partial charge in [-0.25, -0.2) is 4.79 Å². The second kappa shape index (κ2) is 5.01. The van der Waals surface area contributed by atoms with Crippen LogP contribution in [0.2, 0.25) is 0 Å². The SMILES string of the molecule is O=C(CC1CNC1)NC1(C(=O)O)CCOCC1. The molecule has 2 rings (SSSR count). The first-order valence-corrected chi connectivity index (χ1v) is 5.95. The highest BCUT2D eigenvalue weighted by atomic mass is 16.5. The minimum Gasteiger partial charge on any atom is -0.480 e. The third kappa shape index (κ3) is 2.76. The Morgan fingerprint density at radius 2 is 2.00 bits per heavy atom. The normalized spacial score (nSPS) is 23.8. The molecule has 1 amide bonds. The first-order valence-electron chi connectivity index (χ1n) is 5.95. The Balaban J connectivity index is 1.91. The molecule has 0 aliphatic carbocycles. The molecule has 2 aliphatic heterocycles. The predicted octanol–water partition coefficient (Wildman–Crippen LogP) is -0.654. The number of rotatable bonds is 4. The summed E-state index contributed by atoms with van der Waals surface area (Å²) in [7, 11) is 0. The minimum absolute atomic E-state index is 0.166. The van der Waals surface area contributed by atoms with Crippen molar-refractivity contribution in [2.45, 2.75) is 24.8 Å². The van der Waals surface area contributed by atoms with Gasteiger partial charge in [-0.2, -0.15) is 0 Å². The van der Waals surface area contributed by atoms with E-state index in [0.717, 1.165) is 13.1 Å². The Morgan fingerprint density at radius 3 is 2.47 bits per heavy atom. The molecule has 0 saturated carbocycles. The summed E-state index contributed by atoms with van der Waals surface area (Å²) in [5.74, 6) is -0.776. The van der Waals surface area contributed by atoms with Crippen LogP contribution in [0.3, 0.4) is 0 Å². The molecule has 2 aliphatic rings. The molecular weight excluding hydrogens is 224 g/mol. The highest BCUT2D eigenvalue weighted by Gasteiger charge is 2.41. The molecule has 0 unspecified atom stereocenters. The van der Waals surface area contributed by atoms with Gasteiger partial charge in [0.25, 0.3) is 0 Å². The number of carboxylic acids is 1. The highest BCUT2D eigenvalue weighted by molar-refractivity contribution is 5.87. The molecular formula is C11H18N2O4. The van der Waals surface area contributed by atoms with Crippen LogP contribution in [0.25, 0.3) is 0 Å². The zero-order valence-corrected chi connectivity index (χ0v) is 9.70. The lowest BCUT2D eigenvalue weighted by atomic mass is 9.89. The quantitative estimate of drug-likeness (QED) is 0.609. The van der Waals surface area contributed by atoms with Crippen molar-refractivity contribution in [3.63, 3.8) is 0 Å². The van der Waals surface area contributed by atoms with Gasteiger partial charge in [-0.15, -0.1) is 0 Å². The van der Waals surface area contributed by atoms with Crippen LogP contribution in [0, 0.1) is 5.92 Å². The summed E-state index contributed by atoms with van der Waals surface area (Å²) >= 11 is 0. The molecule has 0 aromatic rings. The van der Waals surface area contributed by atoms with E-state index in [1.807, 2.05) is 0 Å². The molecule has 0 aromatic carbocycles. The van der Waals surface area contributed by atoms with Crippen LogP contribution in [0.5, 0.6) is 0 Å². The third-order valence-corrected chi connectivity index (χ3v) is 3.47. The van der Waals surface area contributed by atoms with Crippen LogP contribution in [0.4, 0.5) is 0 Å². The van der Waals surface area contributed by atoms with Gasteiger partial charge in [0.2, 0.25) is 5.91 Å². The third-order valence-electron chi connectivity index (χ3n) is 3.47. The van der Waals surface area contributed by atoms with Gasteiger partial charge in [-0.05, 0) is 19.0 Å². The number of hydrogen-bond donors (Lipinski definition) is 3. The predicted molar refractivity (Wildman–Crippen MR) is 59.5 cm³/mol. The maximum Gasteiger partial charge on any atom is 0.329 e. The molecule has 0 atom stereocenters. The van der Waals surface area contributed by atoms with Crippen LogP contribution in [0.15, 0.2) is 0 Å². The molecule has 0 radical (unpaired) electrons. The minimum atomic E-state index is -1.12. The van der Waals surface area contributed by atoms with Crippen molar-refractivity contribution in [2.75, 3.05) is 26.3 Å². The average molecular weight is 242 g/mol. The molecule has 0 aromatic heterocycles. The van der Waals surface area contributed by atoms with E-state index in [-0.39, 0.29) is 5.91 Å². The second-order valence-electron chi connectivity index (χ2n) is 4.78. The van der Waals surface area contributed by atoms with E-state index in [0.29, 0.717) is 38.4 Å². The van der Waals surface area contributed by atoms with E-state index in [2.05, 4.69) is 10.6 Å². The molecule has 2 fully saturated rings. The van der Waals surface area contributed by atoms with Crippen molar-refractivity contribution in [1.82, 2.24) is 10.6 Å². The van der Waals surface area contributed by atoms with E-state index in [4.69, 9.17) is 4.74 Å². The Hall–Kier alpha value is -1.14. The maximum atomic E-state index is 11.8. The number of aliphatic carboxylic acids is 1. The molecule has 17 heavy (non-hydrogen) atoms. The highest BCUT2D eigenvalue weighted by Crippen LogP contribution is 2.22. The van der Waals surface area contributed by atoms with Crippen molar-refractivity contribution in [1.29, 1.82) is 0 Å². The van der Waals surface area contributed by atoms with Gasteiger partial charge >= 0.3 is 5.97 Å². The molecule has 0 spiro atoms. The van der Waals surface area contributed by atoms with E-state index < -0.39 is 11.5 Å². The molecule has 0 bridgehead atoms. The number of carbonyl (C=O) groups is 2. The standard InChI is InChI=1S/C11H18N2O4/c14-9(5-8-6-12-7-8)13-11(10(15)16)1-3-17-4-2-11/h8,12H,1-7H2,(H,13,14)(H,15,16). The van der Waals surface area contributed by atoms with Gasteiger partial charge in [-0.3, -0.25) is 4.79 Å². The largest absolute Gasteiger partial charge is 0.480 e. The smallest absolute Gasteiger partial charge is 0.329 e. The lowest BCUT2D eigenvalue weighted by molar-refractivity contribution is -0.152. The van der Waals surface area contributed by atoms with E-state index in [1.165, 1.54) is 0 Å². The fraction of sp³-hybridized carbons (Fsp3) is 0.818. The molecule has 2 heterocycles. The van der Waals surface area contributed by atoms with E-state index >= 15 is 0 Å². The van der Waals surface area contributed by atoms with E-state index in [9.17, 15) is 14.7 Å². The zero-order chi connectivity index (χ0) is 12.3. The summed E-state index contributed by atoms with van der Waals surface area (Å²) in [6, 6.07) is 0. The van der Waals surface area contributed by atoms with Crippen LogP contribution < -0.4 is 10.6 Å². The fourth-order valence-electron chi connectivity index (χ4n) is 2.19. The summed E-state index contributed by atoms with van der Waals surface area (Å²) in [5.41, 5.74) is -1.12. The van der Waals surface area contributed by atoms with Crippen LogP contribution in [0.1, 0.15) is 19.3 Å². The molecule has 6 nitrogen and oxygen atoms in total. The van der Waals surface area contributed by atoms with Gasteiger partial charge in [0.1, 0.15) is 5.54 Å². The Bertz CT molecular complexity index is 309. The van der Waals surface area contributed by atoms with Gasteiger partial charge in [0.05, 0.1) is 0 Å². The van der Waals surface area contributed by atoms with Gasteiger partial charge in [0, 0.05) is 32.5 Å². The van der Waals surface area contributed by atoms with Gasteiger partial charge in [0.15, 0.2) is 0 Å². The van der Waals surface area contributed by atoms with Crippen molar-refractivity contribution in [3.05, 3.63) is 0 Å². The molecule has 3 N–H and O–H groups in total. The summed E-state index contributed by atoms with van der Waals surface area (Å²) in [6.45, 7) is 2.46. The van der Waals surface area contributed by atoms with Crippen molar-refractivity contribution in [3.8, 4) is 0 Å². The Morgan fingerprint density at radius 1 is 1.35 bits per heavy atom.